The normalized spacial score (nSPS) is 18.9. The van der Waals surface area contributed by atoms with E-state index in [1.54, 1.807) is 7.11 Å². The summed E-state index contributed by atoms with van der Waals surface area (Å²) in [5.41, 5.74) is 0. The summed E-state index contributed by atoms with van der Waals surface area (Å²) in [6.45, 7) is 2.70. The molecule has 1 atom stereocenters. The van der Waals surface area contributed by atoms with Crippen LogP contribution in [0.3, 0.4) is 0 Å². The Hall–Kier alpha value is -1.38. The first-order chi connectivity index (χ1) is 9.66. The third kappa shape index (κ3) is 5.72. The fourth-order valence-corrected chi connectivity index (χ4v) is 1.77. The summed E-state index contributed by atoms with van der Waals surface area (Å²) < 4.78 is 15.2. The molecule has 1 saturated heterocycles. The summed E-state index contributed by atoms with van der Waals surface area (Å²) in [4.78, 5) is 24.2. The van der Waals surface area contributed by atoms with E-state index >= 15 is 0 Å². The number of ether oxygens (including phenoxy) is 3. The summed E-state index contributed by atoms with van der Waals surface area (Å²) in [6.07, 6.45) is 0.664. The van der Waals surface area contributed by atoms with Crippen molar-refractivity contribution >= 4 is 12.0 Å². The lowest BCUT2D eigenvalue weighted by Gasteiger charge is -2.32. The van der Waals surface area contributed by atoms with Crippen molar-refractivity contribution in [1.29, 1.82) is 0 Å². The predicted molar refractivity (Wildman–Crippen MR) is 69.7 cm³/mol. The van der Waals surface area contributed by atoms with Crippen LogP contribution in [0, 0.1) is 0 Å². The molecule has 0 bridgehead atoms. The highest BCUT2D eigenvalue weighted by molar-refractivity contribution is 5.82. The first kappa shape index (κ1) is 16.7. The van der Waals surface area contributed by atoms with Gasteiger partial charge in [0.05, 0.1) is 26.4 Å². The molecule has 1 heterocycles. The minimum absolute atomic E-state index is 0.0306. The second-order valence-corrected chi connectivity index (χ2v) is 4.31. The van der Waals surface area contributed by atoms with Gasteiger partial charge in [-0.15, -0.1) is 0 Å². The molecule has 0 radical (unpaired) electrons. The summed E-state index contributed by atoms with van der Waals surface area (Å²) in [7, 11) is 1.60. The van der Waals surface area contributed by atoms with Crippen LogP contribution >= 0.6 is 0 Å². The number of carbonyl (C=O) groups is 2. The smallest absolute Gasteiger partial charge is 0.328 e. The summed E-state index contributed by atoms with van der Waals surface area (Å²) in [6, 6.07) is -1.29. The van der Waals surface area contributed by atoms with Crippen molar-refractivity contribution in [3.8, 4) is 0 Å². The van der Waals surface area contributed by atoms with Gasteiger partial charge in [0, 0.05) is 26.8 Å². The lowest BCUT2D eigenvalue weighted by molar-refractivity contribution is -0.147. The Balaban J connectivity index is 2.19. The third-order valence-corrected chi connectivity index (χ3v) is 2.85. The fraction of sp³-hybridized carbons (Fsp3) is 0.833. The molecule has 8 heteroatoms. The van der Waals surface area contributed by atoms with Gasteiger partial charge in [-0.25, -0.2) is 9.59 Å². The quantitative estimate of drug-likeness (QED) is 0.587. The Morgan fingerprint density at radius 3 is 2.90 bits per heavy atom. The zero-order valence-electron chi connectivity index (χ0n) is 11.7. The summed E-state index contributed by atoms with van der Waals surface area (Å²) >= 11 is 0. The molecule has 0 aromatic carbocycles. The molecule has 8 nitrogen and oxygen atoms in total. The van der Waals surface area contributed by atoms with Crippen molar-refractivity contribution in [2.75, 3.05) is 53.2 Å². The average molecular weight is 290 g/mol. The van der Waals surface area contributed by atoms with E-state index < -0.39 is 12.0 Å². The standard InChI is InChI=1S/C12H22N2O6/c1-18-7-8-19-5-2-3-13-12(17)14-4-6-20-9-10(14)11(15)16/h10H,2-9H2,1H3,(H,13,17)(H,15,16). The number of rotatable bonds is 8. The Labute approximate surface area is 118 Å². The van der Waals surface area contributed by atoms with Crippen molar-refractivity contribution in [1.82, 2.24) is 10.2 Å². The lowest BCUT2D eigenvalue weighted by atomic mass is 10.2. The molecule has 1 fully saturated rings. The average Bonchev–Trinajstić information content (AvgIpc) is 2.46. The zero-order chi connectivity index (χ0) is 14.8. The largest absolute Gasteiger partial charge is 0.480 e. The number of nitrogens with one attached hydrogen (secondary N) is 1. The molecule has 2 N–H and O–H groups in total. The maximum Gasteiger partial charge on any atom is 0.328 e. The minimum Gasteiger partial charge on any atom is -0.480 e. The first-order valence-corrected chi connectivity index (χ1v) is 6.58. The van der Waals surface area contributed by atoms with Crippen molar-refractivity contribution in [3.63, 3.8) is 0 Å². The van der Waals surface area contributed by atoms with Crippen molar-refractivity contribution in [2.24, 2.45) is 0 Å². The van der Waals surface area contributed by atoms with Crippen LogP contribution in [-0.2, 0) is 19.0 Å². The summed E-state index contributed by atoms with van der Waals surface area (Å²) in [5, 5.41) is 11.7. The number of urea groups is 1. The van der Waals surface area contributed by atoms with Gasteiger partial charge in [0.15, 0.2) is 6.04 Å². The highest BCUT2D eigenvalue weighted by Gasteiger charge is 2.32. The molecule has 0 spiro atoms. The minimum atomic E-state index is -1.05. The number of amides is 2. The van der Waals surface area contributed by atoms with Crippen molar-refractivity contribution < 1.29 is 28.9 Å². The van der Waals surface area contributed by atoms with Gasteiger partial charge in [0.25, 0.3) is 0 Å². The number of carboxylic acids is 1. The number of carbonyl (C=O) groups excluding carboxylic acids is 1. The number of morpholine rings is 1. The van der Waals surface area contributed by atoms with E-state index in [2.05, 4.69) is 5.32 Å². The van der Waals surface area contributed by atoms with Crippen molar-refractivity contribution in [3.05, 3.63) is 0 Å². The molecule has 0 saturated carbocycles. The van der Waals surface area contributed by atoms with E-state index in [9.17, 15) is 9.59 Å². The van der Waals surface area contributed by atoms with E-state index in [0.717, 1.165) is 0 Å². The Morgan fingerprint density at radius 1 is 1.40 bits per heavy atom. The van der Waals surface area contributed by atoms with Gasteiger partial charge in [-0.05, 0) is 6.42 Å². The molecule has 1 aliphatic heterocycles. The highest BCUT2D eigenvalue weighted by atomic mass is 16.5. The molecule has 1 unspecified atom stereocenters. The van der Waals surface area contributed by atoms with Gasteiger partial charge >= 0.3 is 12.0 Å². The van der Waals surface area contributed by atoms with Gasteiger partial charge in [0.2, 0.25) is 0 Å². The van der Waals surface area contributed by atoms with Crippen LogP contribution in [0.4, 0.5) is 4.79 Å². The Morgan fingerprint density at radius 2 is 2.20 bits per heavy atom. The van der Waals surface area contributed by atoms with Crippen LogP contribution in [0.5, 0.6) is 0 Å². The maximum atomic E-state index is 11.9. The van der Waals surface area contributed by atoms with Gasteiger partial charge < -0.3 is 29.5 Å². The molecular weight excluding hydrogens is 268 g/mol. The van der Waals surface area contributed by atoms with E-state index in [4.69, 9.17) is 19.3 Å². The van der Waals surface area contributed by atoms with Gasteiger partial charge in [-0.1, -0.05) is 0 Å². The molecule has 116 valence electrons. The molecule has 1 rings (SSSR count). The van der Waals surface area contributed by atoms with Gasteiger partial charge in [-0.2, -0.15) is 0 Å². The third-order valence-electron chi connectivity index (χ3n) is 2.85. The molecule has 0 aromatic heterocycles. The second-order valence-electron chi connectivity index (χ2n) is 4.31. The SMILES string of the molecule is COCCOCCCNC(=O)N1CCOCC1C(=O)O. The Bertz CT molecular complexity index is 312. The monoisotopic (exact) mass is 290 g/mol. The fourth-order valence-electron chi connectivity index (χ4n) is 1.77. The van der Waals surface area contributed by atoms with E-state index in [1.807, 2.05) is 0 Å². The van der Waals surface area contributed by atoms with E-state index in [-0.39, 0.29) is 19.2 Å². The van der Waals surface area contributed by atoms with Gasteiger partial charge in [0.1, 0.15) is 0 Å². The predicted octanol–water partition coefficient (Wildman–Crippen LogP) is -0.465. The number of nitrogens with zero attached hydrogens (tertiary/aromatic N) is 1. The number of aliphatic carboxylic acids is 1. The van der Waals surface area contributed by atoms with Crippen LogP contribution < -0.4 is 5.32 Å². The zero-order valence-corrected chi connectivity index (χ0v) is 11.7. The molecule has 20 heavy (non-hydrogen) atoms. The number of hydrogen-bond donors (Lipinski definition) is 2. The molecule has 0 aliphatic carbocycles. The molecule has 2 amide bonds. The van der Waals surface area contributed by atoms with Crippen LogP contribution in [-0.4, -0.2) is 81.3 Å². The van der Waals surface area contributed by atoms with Crippen LogP contribution in [0.2, 0.25) is 0 Å². The van der Waals surface area contributed by atoms with Crippen molar-refractivity contribution in [2.45, 2.75) is 12.5 Å². The highest BCUT2D eigenvalue weighted by Crippen LogP contribution is 2.07. The number of hydrogen-bond acceptors (Lipinski definition) is 5. The molecular formula is C12H22N2O6. The number of carboxylic acid groups (broad SMARTS) is 1. The topological polar surface area (TPSA) is 97.3 Å². The molecule has 0 aromatic rings. The maximum absolute atomic E-state index is 11.9. The summed E-state index contributed by atoms with van der Waals surface area (Å²) in [5.74, 6) is -1.05. The first-order valence-electron chi connectivity index (χ1n) is 6.58. The number of methoxy groups -OCH3 is 1. The lowest BCUT2D eigenvalue weighted by Crippen LogP contribution is -2.55. The van der Waals surface area contributed by atoms with Gasteiger partial charge in [-0.3, -0.25) is 0 Å². The van der Waals surface area contributed by atoms with E-state index in [1.165, 1.54) is 4.90 Å². The van der Waals surface area contributed by atoms with Crippen LogP contribution in [0.15, 0.2) is 0 Å². The second kappa shape index (κ2) is 9.51. The van der Waals surface area contributed by atoms with Crippen LogP contribution in [0.25, 0.3) is 0 Å². The van der Waals surface area contributed by atoms with E-state index in [0.29, 0.717) is 39.4 Å². The van der Waals surface area contributed by atoms with Crippen LogP contribution in [0.1, 0.15) is 6.42 Å². The molecule has 1 aliphatic rings. The Kier molecular flexibility index (Phi) is 7.93.